The number of thioether (sulfide) groups is 1. The average molecular weight is 235 g/mol. The largest absolute Gasteiger partial charge is 0.333 e. The summed E-state index contributed by atoms with van der Waals surface area (Å²) in [6.45, 7) is 4.97. The van der Waals surface area contributed by atoms with Crippen molar-refractivity contribution >= 4 is 22.8 Å². The lowest BCUT2D eigenvalue weighted by Gasteiger charge is -2.04. The van der Waals surface area contributed by atoms with E-state index in [1.807, 2.05) is 0 Å². The Morgan fingerprint density at radius 1 is 1.50 bits per heavy atom. The van der Waals surface area contributed by atoms with Gasteiger partial charge in [-0.15, -0.1) is 0 Å². The van der Waals surface area contributed by atoms with Gasteiger partial charge in [0.15, 0.2) is 5.16 Å². The minimum atomic E-state index is 0.528. The number of rotatable bonds is 4. The summed E-state index contributed by atoms with van der Waals surface area (Å²) < 4.78 is 0. The first-order valence-corrected chi connectivity index (χ1v) is 6.47. The van der Waals surface area contributed by atoms with Crippen molar-refractivity contribution in [3.63, 3.8) is 0 Å². The molecule has 0 bridgehead atoms. The number of nitrogens with zero attached hydrogens (tertiary/aromatic N) is 1. The third kappa shape index (κ3) is 2.57. The molecule has 0 fully saturated rings. The van der Waals surface area contributed by atoms with Crippen LogP contribution in [0.4, 0.5) is 0 Å². The molecule has 0 radical (unpaired) electrons. The van der Waals surface area contributed by atoms with Gasteiger partial charge in [0.05, 0.1) is 11.0 Å². The summed E-state index contributed by atoms with van der Waals surface area (Å²) in [7, 11) is 0. The summed E-state index contributed by atoms with van der Waals surface area (Å²) in [5, 5.41) is 0.987. The molecule has 0 spiro atoms. The first kappa shape index (κ1) is 11.5. The van der Waals surface area contributed by atoms with E-state index in [0.29, 0.717) is 5.92 Å². The zero-order valence-corrected chi connectivity index (χ0v) is 10.5. The highest BCUT2D eigenvalue weighted by molar-refractivity contribution is 7.99. The number of nitrogens with one attached hydrogen (secondary N) is 1. The van der Waals surface area contributed by atoms with Gasteiger partial charge in [0, 0.05) is 5.75 Å². The quantitative estimate of drug-likeness (QED) is 0.801. The number of aryl methyl sites for hydroxylation is 1. The van der Waals surface area contributed by atoms with Crippen molar-refractivity contribution in [2.24, 2.45) is 11.7 Å². The van der Waals surface area contributed by atoms with Crippen LogP contribution in [0.15, 0.2) is 23.4 Å². The van der Waals surface area contributed by atoms with E-state index in [-0.39, 0.29) is 0 Å². The summed E-state index contributed by atoms with van der Waals surface area (Å²) in [6, 6.07) is 6.26. The standard InChI is InChI=1S/C12H17N3S/c1-8-3-4-10-11(5-8)15-12(14-10)16-7-9(2)6-13/h3-5,9H,6-7,13H2,1-2H3,(H,14,15). The first-order valence-electron chi connectivity index (χ1n) is 5.48. The Balaban J connectivity index is 2.13. The van der Waals surface area contributed by atoms with Crippen molar-refractivity contribution in [1.29, 1.82) is 0 Å². The molecule has 4 heteroatoms. The van der Waals surface area contributed by atoms with Crippen LogP contribution in [0.3, 0.4) is 0 Å². The maximum Gasteiger partial charge on any atom is 0.166 e. The minimum absolute atomic E-state index is 0.528. The van der Waals surface area contributed by atoms with Crippen molar-refractivity contribution in [3.8, 4) is 0 Å². The predicted octanol–water partition coefficient (Wildman–Crippen LogP) is 2.56. The van der Waals surface area contributed by atoms with Gasteiger partial charge < -0.3 is 10.7 Å². The van der Waals surface area contributed by atoms with E-state index in [1.165, 1.54) is 5.56 Å². The number of imidazole rings is 1. The third-order valence-electron chi connectivity index (χ3n) is 2.52. The van der Waals surface area contributed by atoms with Crippen LogP contribution in [0.1, 0.15) is 12.5 Å². The molecule has 3 N–H and O–H groups in total. The van der Waals surface area contributed by atoms with E-state index in [2.05, 4.69) is 42.0 Å². The van der Waals surface area contributed by atoms with Crippen molar-refractivity contribution in [2.75, 3.05) is 12.3 Å². The maximum atomic E-state index is 5.59. The lowest BCUT2D eigenvalue weighted by Crippen LogP contribution is -2.12. The Bertz CT molecular complexity index is 478. The molecule has 0 saturated carbocycles. The fourth-order valence-corrected chi connectivity index (χ4v) is 2.38. The van der Waals surface area contributed by atoms with E-state index in [0.717, 1.165) is 28.5 Å². The fourth-order valence-electron chi connectivity index (χ4n) is 1.46. The highest BCUT2D eigenvalue weighted by Crippen LogP contribution is 2.21. The van der Waals surface area contributed by atoms with Crippen molar-refractivity contribution in [1.82, 2.24) is 9.97 Å². The number of hydrogen-bond acceptors (Lipinski definition) is 3. The van der Waals surface area contributed by atoms with Gasteiger partial charge in [0.25, 0.3) is 0 Å². The van der Waals surface area contributed by atoms with Crippen LogP contribution < -0.4 is 5.73 Å². The van der Waals surface area contributed by atoms with E-state index in [9.17, 15) is 0 Å². The molecule has 0 saturated heterocycles. The van der Waals surface area contributed by atoms with Crippen LogP contribution in [0.5, 0.6) is 0 Å². The van der Waals surface area contributed by atoms with Crippen LogP contribution in [-0.2, 0) is 0 Å². The highest BCUT2D eigenvalue weighted by atomic mass is 32.2. The molecule has 1 atom stereocenters. The second-order valence-electron chi connectivity index (χ2n) is 4.21. The molecule has 1 unspecified atom stereocenters. The second kappa shape index (κ2) is 4.89. The van der Waals surface area contributed by atoms with E-state index >= 15 is 0 Å². The Labute approximate surface area is 99.8 Å². The van der Waals surface area contributed by atoms with Crippen LogP contribution in [-0.4, -0.2) is 22.3 Å². The number of fused-ring (bicyclic) bond motifs is 1. The number of hydrogen-bond donors (Lipinski definition) is 2. The molecule has 86 valence electrons. The predicted molar refractivity (Wildman–Crippen MR) is 69.8 cm³/mol. The number of benzene rings is 1. The van der Waals surface area contributed by atoms with Gasteiger partial charge in [-0.2, -0.15) is 0 Å². The first-order chi connectivity index (χ1) is 7.69. The highest BCUT2D eigenvalue weighted by Gasteiger charge is 2.05. The maximum absolute atomic E-state index is 5.59. The zero-order chi connectivity index (χ0) is 11.5. The van der Waals surface area contributed by atoms with Gasteiger partial charge in [-0.05, 0) is 37.1 Å². The van der Waals surface area contributed by atoms with Crippen LogP contribution in [0.25, 0.3) is 11.0 Å². The molecular weight excluding hydrogens is 218 g/mol. The molecule has 3 nitrogen and oxygen atoms in total. The van der Waals surface area contributed by atoms with Gasteiger partial charge in [-0.3, -0.25) is 0 Å². The van der Waals surface area contributed by atoms with Gasteiger partial charge >= 0.3 is 0 Å². The van der Waals surface area contributed by atoms with Crippen molar-refractivity contribution in [3.05, 3.63) is 23.8 Å². The van der Waals surface area contributed by atoms with E-state index in [4.69, 9.17) is 5.73 Å². The minimum Gasteiger partial charge on any atom is -0.333 e. The van der Waals surface area contributed by atoms with Gasteiger partial charge in [-0.25, -0.2) is 4.98 Å². The smallest absolute Gasteiger partial charge is 0.166 e. The molecule has 1 aromatic carbocycles. The fraction of sp³-hybridized carbons (Fsp3) is 0.417. The van der Waals surface area contributed by atoms with Crippen molar-refractivity contribution < 1.29 is 0 Å². The van der Waals surface area contributed by atoms with Gasteiger partial charge in [-0.1, -0.05) is 24.8 Å². The molecule has 1 heterocycles. The Hall–Kier alpha value is -1.00. The van der Waals surface area contributed by atoms with Crippen LogP contribution >= 0.6 is 11.8 Å². The molecular formula is C12H17N3S. The summed E-state index contributed by atoms with van der Waals surface area (Å²) >= 11 is 1.74. The lowest BCUT2D eigenvalue weighted by atomic mass is 10.2. The SMILES string of the molecule is Cc1ccc2nc(SCC(C)CN)[nH]c2c1. The number of nitrogens with two attached hydrogens (primary N) is 1. The molecule has 0 amide bonds. The lowest BCUT2D eigenvalue weighted by molar-refractivity contribution is 0.674. The number of H-pyrrole nitrogens is 1. The third-order valence-corrected chi connectivity index (χ3v) is 3.73. The molecule has 2 aromatic rings. The van der Waals surface area contributed by atoms with Gasteiger partial charge in [0.2, 0.25) is 0 Å². The van der Waals surface area contributed by atoms with E-state index < -0.39 is 0 Å². The Morgan fingerprint density at radius 2 is 2.31 bits per heavy atom. The van der Waals surface area contributed by atoms with Crippen LogP contribution in [0, 0.1) is 12.8 Å². The summed E-state index contributed by atoms with van der Waals surface area (Å²) in [6.07, 6.45) is 0. The van der Waals surface area contributed by atoms with Crippen LogP contribution in [0.2, 0.25) is 0 Å². The molecule has 1 aromatic heterocycles. The van der Waals surface area contributed by atoms with Crippen molar-refractivity contribution in [2.45, 2.75) is 19.0 Å². The Kier molecular flexibility index (Phi) is 3.51. The molecule has 0 aliphatic rings. The monoisotopic (exact) mass is 235 g/mol. The molecule has 2 rings (SSSR count). The Morgan fingerprint density at radius 3 is 3.06 bits per heavy atom. The molecule has 0 aliphatic heterocycles. The zero-order valence-electron chi connectivity index (χ0n) is 9.66. The molecule has 0 aliphatic carbocycles. The van der Waals surface area contributed by atoms with Gasteiger partial charge in [0.1, 0.15) is 0 Å². The van der Waals surface area contributed by atoms with E-state index in [1.54, 1.807) is 11.8 Å². The average Bonchev–Trinajstić information content (AvgIpc) is 2.67. The topological polar surface area (TPSA) is 54.7 Å². The number of aromatic nitrogens is 2. The summed E-state index contributed by atoms with van der Waals surface area (Å²) in [4.78, 5) is 7.85. The summed E-state index contributed by atoms with van der Waals surface area (Å²) in [5.41, 5.74) is 8.99. The number of aromatic amines is 1. The molecule has 16 heavy (non-hydrogen) atoms. The summed E-state index contributed by atoms with van der Waals surface area (Å²) in [5.74, 6) is 1.54. The normalized spacial score (nSPS) is 13.2. The second-order valence-corrected chi connectivity index (χ2v) is 5.22.